The molecule has 0 saturated carbocycles. The van der Waals surface area contributed by atoms with Crippen molar-refractivity contribution in [2.45, 2.75) is 13.8 Å². The van der Waals surface area contributed by atoms with Crippen molar-refractivity contribution in [1.29, 1.82) is 0 Å². The van der Waals surface area contributed by atoms with Gasteiger partial charge in [-0.1, -0.05) is 17.7 Å². The molecule has 0 atom stereocenters. The number of pyridine rings is 1. The molecule has 2 rings (SSSR count). The summed E-state index contributed by atoms with van der Waals surface area (Å²) in [5.41, 5.74) is 1.30. The highest BCUT2D eigenvalue weighted by Gasteiger charge is 2.12. The van der Waals surface area contributed by atoms with Gasteiger partial charge in [-0.05, 0) is 43.7 Å². The number of anilines is 2. The Morgan fingerprint density at radius 2 is 2.10 bits per heavy atom. The van der Waals surface area contributed by atoms with E-state index in [1.807, 2.05) is 13.8 Å². The number of nitrogens with zero attached hydrogens (tertiary/aromatic N) is 1. The van der Waals surface area contributed by atoms with Gasteiger partial charge in [-0.3, -0.25) is 4.79 Å². The summed E-state index contributed by atoms with van der Waals surface area (Å²) in [5, 5.41) is 5.71. The molecular weight excluding hydrogens is 293 g/mol. The first-order valence-electron chi connectivity index (χ1n) is 6.48. The lowest BCUT2D eigenvalue weighted by molar-refractivity contribution is 0.102. The standard InChI is InChI=1S/C15H15ClFN3O/c1-3-18-14-8-10(7-13(16)20-14)15(21)19-12-6-9(2)4-5-11(12)17/h4-8H,3H2,1-2H3,(H,18,20)(H,19,21). The van der Waals surface area contributed by atoms with Gasteiger partial charge in [0, 0.05) is 12.1 Å². The zero-order valence-electron chi connectivity index (χ0n) is 11.7. The third kappa shape index (κ3) is 3.92. The maximum absolute atomic E-state index is 13.7. The molecule has 1 aromatic carbocycles. The van der Waals surface area contributed by atoms with Crippen LogP contribution in [0.15, 0.2) is 30.3 Å². The third-order valence-electron chi connectivity index (χ3n) is 2.78. The summed E-state index contributed by atoms with van der Waals surface area (Å²) >= 11 is 5.88. The van der Waals surface area contributed by atoms with Crippen molar-refractivity contribution < 1.29 is 9.18 Å². The van der Waals surface area contributed by atoms with Crippen molar-refractivity contribution in [1.82, 2.24) is 4.98 Å². The molecule has 6 heteroatoms. The predicted molar refractivity (Wildman–Crippen MR) is 82.5 cm³/mol. The number of rotatable bonds is 4. The van der Waals surface area contributed by atoms with Gasteiger partial charge in [0.2, 0.25) is 0 Å². The second kappa shape index (κ2) is 6.54. The minimum atomic E-state index is -0.485. The Morgan fingerprint density at radius 3 is 2.81 bits per heavy atom. The van der Waals surface area contributed by atoms with E-state index in [0.29, 0.717) is 17.9 Å². The molecule has 0 spiro atoms. The van der Waals surface area contributed by atoms with Crippen LogP contribution in [0.1, 0.15) is 22.8 Å². The van der Waals surface area contributed by atoms with Crippen LogP contribution in [0.5, 0.6) is 0 Å². The van der Waals surface area contributed by atoms with Crippen molar-refractivity contribution in [3.05, 3.63) is 52.4 Å². The lowest BCUT2D eigenvalue weighted by Gasteiger charge is -2.09. The van der Waals surface area contributed by atoms with Crippen molar-refractivity contribution in [2.75, 3.05) is 17.2 Å². The lowest BCUT2D eigenvalue weighted by atomic mass is 10.2. The molecule has 0 unspecified atom stereocenters. The molecule has 0 aliphatic carbocycles. The van der Waals surface area contributed by atoms with E-state index in [1.165, 1.54) is 12.1 Å². The molecular formula is C15H15ClFN3O. The first kappa shape index (κ1) is 15.3. The van der Waals surface area contributed by atoms with Crippen LogP contribution in [0.2, 0.25) is 5.15 Å². The van der Waals surface area contributed by atoms with E-state index in [2.05, 4.69) is 15.6 Å². The largest absolute Gasteiger partial charge is 0.370 e. The van der Waals surface area contributed by atoms with E-state index in [1.54, 1.807) is 18.2 Å². The van der Waals surface area contributed by atoms with Crippen molar-refractivity contribution >= 4 is 29.0 Å². The van der Waals surface area contributed by atoms with Crippen LogP contribution in [-0.4, -0.2) is 17.4 Å². The van der Waals surface area contributed by atoms with Gasteiger partial charge in [-0.2, -0.15) is 0 Å². The predicted octanol–water partition coefficient (Wildman–Crippen LogP) is 3.87. The Morgan fingerprint density at radius 1 is 1.33 bits per heavy atom. The van der Waals surface area contributed by atoms with Gasteiger partial charge in [-0.25, -0.2) is 9.37 Å². The molecule has 0 bridgehead atoms. The van der Waals surface area contributed by atoms with Crippen LogP contribution in [0, 0.1) is 12.7 Å². The number of carbonyl (C=O) groups is 1. The van der Waals surface area contributed by atoms with Gasteiger partial charge in [0.25, 0.3) is 5.91 Å². The average Bonchev–Trinajstić information content (AvgIpc) is 2.42. The maximum atomic E-state index is 13.7. The quantitative estimate of drug-likeness (QED) is 0.843. The monoisotopic (exact) mass is 307 g/mol. The highest BCUT2D eigenvalue weighted by molar-refractivity contribution is 6.30. The number of hydrogen-bond donors (Lipinski definition) is 2. The summed E-state index contributed by atoms with van der Waals surface area (Å²) in [4.78, 5) is 16.2. The van der Waals surface area contributed by atoms with Crippen LogP contribution in [0.4, 0.5) is 15.9 Å². The Kier molecular flexibility index (Phi) is 4.75. The second-order valence-corrected chi connectivity index (χ2v) is 4.92. The van der Waals surface area contributed by atoms with Crippen LogP contribution in [0.25, 0.3) is 0 Å². The van der Waals surface area contributed by atoms with Gasteiger partial charge < -0.3 is 10.6 Å². The molecule has 4 nitrogen and oxygen atoms in total. The average molecular weight is 308 g/mol. The van der Waals surface area contributed by atoms with Crippen LogP contribution in [-0.2, 0) is 0 Å². The Hall–Kier alpha value is -2.14. The second-order valence-electron chi connectivity index (χ2n) is 4.53. The summed E-state index contributed by atoms with van der Waals surface area (Å²) in [5.74, 6) is -0.427. The fourth-order valence-electron chi connectivity index (χ4n) is 1.83. The van der Waals surface area contributed by atoms with Gasteiger partial charge in [0.1, 0.15) is 16.8 Å². The van der Waals surface area contributed by atoms with Gasteiger partial charge in [0.15, 0.2) is 0 Å². The van der Waals surface area contributed by atoms with Crippen molar-refractivity contribution in [3.8, 4) is 0 Å². The van der Waals surface area contributed by atoms with Crippen LogP contribution >= 0.6 is 11.6 Å². The van der Waals surface area contributed by atoms with Crippen LogP contribution in [0.3, 0.4) is 0 Å². The minimum absolute atomic E-state index is 0.137. The fraction of sp³-hybridized carbons (Fsp3) is 0.200. The normalized spacial score (nSPS) is 10.3. The molecule has 0 saturated heterocycles. The highest BCUT2D eigenvalue weighted by atomic mass is 35.5. The summed E-state index contributed by atoms with van der Waals surface area (Å²) in [6.45, 7) is 4.38. The van der Waals surface area contributed by atoms with Crippen LogP contribution < -0.4 is 10.6 Å². The molecule has 1 heterocycles. The van der Waals surface area contributed by atoms with E-state index in [9.17, 15) is 9.18 Å². The first-order valence-corrected chi connectivity index (χ1v) is 6.86. The van der Waals surface area contributed by atoms with E-state index in [-0.39, 0.29) is 10.8 Å². The third-order valence-corrected chi connectivity index (χ3v) is 2.98. The Labute approximate surface area is 127 Å². The number of benzene rings is 1. The molecule has 2 N–H and O–H groups in total. The lowest BCUT2D eigenvalue weighted by Crippen LogP contribution is -2.14. The molecule has 0 aliphatic rings. The number of nitrogens with one attached hydrogen (secondary N) is 2. The fourth-order valence-corrected chi connectivity index (χ4v) is 2.04. The van der Waals surface area contributed by atoms with Crippen molar-refractivity contribution in [3.63, 3.8) is 0 Å². The van der Waals surface area contributed by atoms with Gasteiger partial charge in [-0.15, -0.1) is 0 Å². The molecule has 1 amide bonds. The highest BCUT2D eigenvalue weighted by Crippen LogP contribution is 2.19. The van der Waals surface area contributed by atoms with Crippen molar-refractivity contribution in [2.24, 2.45) is 0 Å². The summed E-state index contributed by atoms with van der Waals surface area (Å²) in [6.07, 6.45) is 0. The number of aromatic nitrogens is 1. The Bertz CT molecular complexity index is 676. The van der Waals surface area contributed by atoms with E-state index >= 15 is 0 Å². The summed E-state index contributed by atoms with van der Waals surface area (Å²) in [6, 6.07) is 7.52. The SMILES string of the molecule is CCNc1cc(C(=O)Nc2cc(C)ccc2F)cc(Cl)n1. The first-order chi connectivity index (χ1) is 9.99. The maximum Gasteiger partial charge on any atom is 0.255 e. The minimum Gasteiger partial charge on any atom is -0.370 e. The van der Waals surface area contributed by atoms with E-state index < -0.39 is 11.7 Å². The van der Waals surface area contributed by atoms with Gasteiger partial charge >= 0.3 is 0 Å². The molecule has 110 valence electrons. The molecule has 0 fully saturated rings. The number of aryl methyl sites for hydroxylation is 1. The number of carbonyl (C=O) groups excluding carboxylic acids is 1. The smallest absolute Gasteiger partial charge is 0.255 e. The topological polar surface area (TPSA) is 54.0 Å². The van der Waals surface area contributed by atoms with E-state index in [0.717, 1.165) is 5.56 Å². The Balaban J connectivity index is 2.25. The molecule has 0 aliphatic heterocycles. The number of halogens is 2. The zero-order valence-corrected chi connectivity index (χ0v) is 12.5. The summed E-state index contributed by atoms with van der Waals surface area (Å²) in [7, 11) is 0. The summed E-state index contributed by atoms with van der Waals surface area (Å²) < 4.78 is 13.7. The molecule has 21 heavy (non-hydrogen) atoms. The zero-order chi connectivity index (χ0) is 15.4. The molecule has 2 aromatic rings. The van der Waals surface area contributed by atoms with E-state index in [4.69, 9.17) is 11.6 Å². The molecule has 1 aromatic heterocycles. The number of hydrogen-bond acceptors (Lipinski definition) is 3. The molecule has 0 radical (unpaired) electrons. The van der Waals surface area contributed by atoms with Gasteiger partial charge in [0.05, 0.1) is 5.69 Å². The number of amides is 1.